The number of carbonyl (C=O) groups is 2. The molecule has 0 aromatic carbocycles. The molecule has 0 N–H and O–H groups in total. The summed E-state index contributed by atoms with van der Waals surface area (Å²) in [6, 6.07) is 2.10. The Hall–Kier alpha value is -2.09. The molecule has 0 saturated carbocycles. The van der Waals surface area contributed by atoms with E-state index in [1.807, 2.05) is 36.5 Å². The standard InChI is InChI=1S/C19H30N4O4/c1-4-26-19(25)22-9-7-15(8-10-22)23(18(24)17-6-5-11-27-17)13-16-12-14(2)20-21(16)3/h12,15,17H,4-11,13H2,1-3H3. The van der Waals surface area contributed by atoms with Gasteiger partial charge in [0.25, 0.3) is 5.91 Å². The molecule has 1 aromatic rings. The summed E-state index contributed by atoms with van der Waals surface area (Å²) in [6.45, 7) is 6.50. The van der Waals surface area contributed by atoms with Crippen molar-refractivity contribution in [3.8, 4) is 0 Å². The zero-order valence-corrected chi connectivity index (χ0v) is 16.5. The number of hydrogen-bond acceptors (Lipinski definition) is 5. The van der Waals surface area contributed by atoms with Crippen molar-refractivity contribution in [1.82, 2.24) is 19.6 Å². The molecule has 0 radical (unpaired) electrons. The van der Waals surface area contributed by atoms with Gasteiger partial charge in [0, 0.05) is 32.8 Å². The smallest absolute Gasteiger partial charge is 0.409 e. The Kier molecular flexibility index (Phi) is 6.36. The summed E-state index contributed by atoms with van der Waals surface area (Å²) in [5, 5.41) is 4.40. The van der Waals surface area contributed by atoms with Gasteiger partial charge in [-0.25, -0.2) is 4.79 Å². The van der Waals surface area contributed by atoms with Crippen molar-refractivity contribution in [3.05, 3.63) is 17.5 Å². The lowest BCUT2D eigenvalue weighted by Crippen LogP contribution is -2.51. The lowest BCUT2D eigenvalue weighted by atomic mass is 10.0. The summed E-state index contributed by atoms with van der Waals surface area (Å²) in [4.78, 5) is 28.8. The van der Waals surface area contributed by atoms with E-state index in [1.165, 1.54) is 0 Å². The molecule has 0 bridgehead atoms. The predicted molar refractivity (Wildman–Crippen MR) is 99.1 cm³/mol. The van der Waals surface area contributed by atoms with E-state index in [1.54, 1.807) is 4.90 Å². The van der Waals surface area contributed by atoms with Crippen LogP contribution in [-0.2, 0) is 27.9 Å². The quantitative estimate of drug-likeness (QED) is 0.782. The first-order valence-electron chi connectivity index (χ1n) is 9.83. The fraction of sp³-hybridized carbons (Fsp3) is 0.737. The van der Waals surface area contributed by atoms with E-state index < -0.39 is 0 Å². The second-order valence-electron chi connectivity index (χ2n) is 7.29. The Bertz CT molecular complexity index is 661. The van der Waals surface area contributed by atoms with Crippen molar-refractivity contribution in [3.63, 3.8) is 0 Å². The summed E-state index contributed by atoms with van der Waals surface area (Å²) in [6.07, 6.45) is 2.58. The van der Waals surface area contributed by atoms with E-state index in [0.29, 0.717) is 32.8 Å². The highest BCUT2D eigenvalue weighted by molar-refractivity contribution is 5.81. The summed E-state index contributed by atoms with van der Waals surface area (Å²) in [5.41, 5.74) is 1.95. The molecule has 8 nitrogen and oxygen atoms in total. The molecule has 2 fully saturated rings. The minimum absolute atomic E-state index is 0.0564. The molecule has 8 heteroatoms. The molecule has 1 unspecified atom stereocenters. The molecule has 1 aromatic heterocycles. The Balaban J connectivity index is 1.71. The second-order valence-corrected chi connectivity index (χ2v) is 7.29. The van der Waals surface area contributed by atoms with E-state index in [9.17, 15) is 9.59 Å². The first kappa shape index (κ1) is 19.7. The highest BCUT2D eigenvalue weighted by atomic mass is 16.6. The summed E-state index contributed by atoms with van der Waals surface area (Å²) in [7, 11) is 1.90. The number of hydrogen-bond donors (Lipinski definition) is 0. The second kappa shape index (κ2) is 8.73. The van der Waals surface area contributed by atoms with Crippen LogP contribution >= 0.6 is 0 Å². The van der Waals surface area contributed by atoms with Crippen LogP contribution in [0.4, 0.5) is 4.79 Å². The molecule has 2 amide bonds. The number of nitrogens with zero attached hydrogens (tertiary/aromatic N) is 4. The lowest BCUT2D eigenvalue weighted by Gasteiger charge is -2.39. The summed E-state index contributed by atoms with van der Waals surface area (Å²) < 4.78 is 12.6. The van der Waals surface area contributed by atoms with Gasteiger partial charge in [-0.3, -0.25) is 9.48 Å². The van der Waals surface area contributed by atoms with E-state index >= 15 is 0 Å². The van der Waals surface area contributed by atoms with Crippen molar-refractivity contribution >= 4 is 12.0 Å². The lowest BCUT2D eigenvalue weighted by molar-refractivity contribution is -0.145. The van der Waals surface area contributed by atoms with Crippen molar-refractivity contribution in [2.75, 3.05) is 26.3 Å². The highest BCUT2D eigenvalue weighted by Gasteiger charge is 2.35. The van der Waals surface area contributed by atoms with Gasteiger partial charge < -0.3 is 19.3 Å². The zero-order valence-electron chi connectivity index (χ0n) is 16.5. The van der Waals surface area contributed by atoms with E-state index in [4.69, 9.17) is 9.47 Å². The summed E-state index contributed by atoms with van der Waals surface area (Å²) in [5.74, 6) is 0.0564. The van der Waals surface area contributed by atoms with E-state index in [0.717, 1.165) is 37.1 Å². The SMILES string of the molecule is CCOC(=O)N1CCC(N(Cc2cc(C)nn2C)C(=O)C2CCCO2)CC1. The van der Waals surface area contributed by atoms with Crippen molar-refractivity contribution < 1.29 is 19.1 Å². The van der Waals surface area contributed by atoms with Gasteiger partial charge in [-0.1, -0.05) is 0 Å². The maximum absolute atomic E-state index is 13.2. The molecular formula is C19H30N4O4. The average molecular weight is 378 g/mol. The predicted octanol–water partition coefficient (Wildman–Crippen LogP) is 1.86. The van der Waals surface area contributed by atoms with Crippen LogP contribution < -0.4 is 0 Å². The third kappa shape index (κ3) is 4.61. The number of piperidine rings is 1. The van der Waals surface area contributed by atoms with Crippen LogP contribution in [0.2, 0.25) is 0 Å². The van der Waals surface area contributed by atoms with Gasteiger partial charge in [0.1, 0.15) is 6.10 Å². The first-order valence-corrected chi connectivity index (χ1v) is 9.83. The number of aromatic nitrogens is 2. The van der Waals surface area contributed by atoms with Crippen molar-refractivity contribution in [1.29, 1.82) is 0 Å². The van der Waals surface area contributed by atoms with Gasteiger partial charge in [-0.05, 0) is 45.6 Å². The van der Waals surface area contributed by atoms with Crippen LogP contribution in [-0.4, -0.2) is 70.0 Å². The van der Waals surface area contributed by atoms with Crippen LogP contribution in [0, 0.1) is 6.92 Å². The van der Waals surface area contributed by atoms with Crippen molar-refractivity contribution in [2.45, 2.75) is 58.2 Å². The number of ether oxygens (including phenoxy) is 2. The zero-order chi connectivity index (χ0) is 19.4. The van der Waals surface area contributed by atoms with Crippen molar-refractivity contribution in [2.24, 2.45) is 7.05 Å². The molecule has 2 aliphatic rings. The first-order chi connectivity index (χ1) is 13.0. The summed E-state index contributed by atoms with van der Waals surface area (Å²) >= 11 is 0. The topological polar surface area (TPSA) is 76.9 Å². The monoisotopic (exact) mass is 378 g/mol. The van der Waals surface area contributed by atoms with E-state index in [2.05, 4.69) is 5.10 Å². The molecule has 0 aliphatic carbocycles. The minimum atomic E-state index is -0.345. The third-order valence-corrected chi connectivity index (χ3v) is 5.35. The van der Waals surface area contributed by atoms with Gasteiger partial charge in [0.2, 0.25) is 0 Å². The largest absolute Gasteiger partial charge is 0.450 e. The highest BCUT2D eigenvalue weighted by Crippen LogP contribution is 2.24. The normalized spacial score (nSPS) is 20.7. The maximum Gasteiger partial charge on any atom is 0.409 e. The fourth-order valence-electron chi connectivity index (χ4n) is 3.91. The third-order valence-electron chi connectivity index (χ3n) is 5.35. The van der Waals surface area contributed by atoms with Gasteiger partial charge >= 0.3 is 6.09 Å². The molecular weight excluding hydrogens is 348 g/mol. The van der Waals surface area contributed by atoms with Crippen LogP contribution in [0.5, 0.6) is 0 Å². The Morgan fingerprint density at radius 1 is 1.33 bits per heavy atom. The molecule has 0 spiro atoms. The maximum atomic E-state index is 13.2. The Labute approximate surface area is 160 Å². The molecule has 150 valence electrons. The average Bonchev–Trinajstić information content (AvgIpc) is 3.29. The van der Waals surface area contributed by atoms with Gasteiger partial charge in [0.15, 0.2) is 0 Å². The van der Waals surface area contributed by atoms with Crippen LogP contribution in [0.1, 0.15) is 44.0 Å². The van der Waals surface area contributed by atoms with Crippen LogP contribution in [0.3, 0.4) is 0 Å². The number of aryl methyl sites for hydroxylation is 2. The van der Waals surface area contributed by atoms with Gasteiger partial charge in [-0.2, -0.15) is 5.10 Å². The molecule has 2 saturated heterocycles. The number of likely N-dealkylation sites (tertiary alicyclic amines) is 1. The van der Waals surface area contributed by atoms with E-state index in [-0.39, 0.29) is 24.1 Å². The van der Waals surface area contributed by atoms with Gasteiger partial charge in [0.05, 0.1) is 24.5 Å². The van der Waals surface area contributed by atoms with Crippen LogP contribution in [0.15, 0.2) is 6.07 Å². The molecule has 27 heavy (non-hydrogen) atoms. The number of rotatable bonds is 5. The molecule has 2 aliphatic heterocycles. The molecule has 3 heterocycles. The van der Waals surface area contributed by atoms with Gasteiger partial charge in [-0.15, -0.1) is 0 Å². The van der Waals surface area contributed by atoms with Crippen LogP contribution in [0.25, 0.3) is 0 Å². The Morgan fingerprint density at radius 3 is 2.63 bits per heavy atom. The minimum Gasteiger partial charge on any atom is -0.450 e. The molecule has 3 rings (SSSR count). The number of carbonyl (C=O) groups excluding carboxylic acids is 2. The Morgan fingerprint density at radius 2 is 2.07 bits per heavy atom. The fourth-order valence-corrected chi connectivity index (χ4v) is 3.91. The number of amides is 2. The molecule has 1 atom stereocenters.